The van der Waals surface area contributed by atoms with E-state index >= 15 is 0 Å². The summed E-state index contributed by atoms with van der Waals surface area (Å²) in [6, 6.07) is 24.1. The minimum atomic E-state index is -4.08. The van der Waals surface area contributed by atoms with E-state index in [1.807, 2.05) is 0 Å². The molecule has 7 nitrogen and oxygen atoms in total. The smallest absolute Gasteiger partial charge is 0.265 e. The number of hydrogen-bond acceptors (Lipinski definition) is 5. The molecule has 0 atom stereocenters. The van der Waals surface area contributed by atoms with Crippen LogP contribution in [-0.4, -0.2) is 34.5 Å². The van der Waals surface area contributed by atoms with E-state index < -0.39 is 15.8 Å². The molecule has 0 aliphatic rings. The van der Waals surface area contributed by atoms with Crippen LogP contribution in [0.4, 0.5) is 15.8 Å². The highest BCUT2D eigenvalue weighted by molar-refractivity contribution is 7.92. The second kappa shape index (κ2) is 12.0. The molecule has 4 rings (SSSR count). The van der Waals surface area contributed by atoms with Crippen LogP contribution in [0, 0.1) is 5.82 Å². The molecule has 0 aliphatic heterocycles. The second-order valence-corrected chi connectivity index (χ2v) is 10.3. The number of carbonyl (C=O) groups is 1. The van der Waals surface area contributed by atoms with Gasteiger partial charge in [0.1, 0.15) is 16.5 Å². The van der Waals surface area contributed by atoms with Gasteiger partial charge in [0.05, 0.1) is 23.4 Å². The lowest BCUT2D eigenvalue weighted by atomic mass is 10.1. The first-order chi connectivity index (χ1) is 18.3. The summed E-state index contributed by atoms with van der Waals surface area (Å²) in [5.41, 5.74) is 2.02. The van der Waals surface area contributed by atoms with Crippen LogP contribution >= 0.6 is 11.6 Å². The number of hydrogen-bond donors (Lipinski definition) is 3. The van der Waals surface area contributed by atoms with Crippen molar-refractivity contribution in [2.24, 2.45) is 0 Å². The average Bonchev–Trinajstić information content (AvgIpc) is 2.91. The number of halogens is 2. The summed E-state index contributed by atoms with van der Waals surface area (Å²) in [5, 5.41) is 6.29. The van der Waals surface area contributed by atoms with Gasteiger partial charge >= 0.3 is 0 Å². The molecule has 0 bridgehead atoms. The van der Waals surface area contributed by atoms with Crippen molar-refractivity contribution in [3.05, 3.63) is 107 Å². The van der Waals surface area contributed by atoms with E-state index in [1.54, 1.807) is 72.8 Å². The number of benzene rings is 4. The molecule has 196 valence electrons. The third kappa shape index (κ3) is 6.42. The Morgan fingerprint density at radius 1 is 0.895 bits per heavy atom. The maximum absolute atomic E-state index is 14.3. The third-order valence-corrected chi connectivity index (χ3v) is 7.34. The lowest BCUT2D eigenvalue weighted by Gasteiger charge is -2.15. The number of carbonyl (C=O) groups excluding carboxylic acids is 1. The Kier molecular flexibility index (Phi) is 8.50. The number of methoxy groups -OCH3 is 1. The maximum atomic E-state index is 14.3. The predicted octanol–water partition coefficient (Wildman–Crippen LogP) is 5.80. The standard InChI is InChI=1S/C28H25ClFN3O4S/c1-37-26-14-13-19(22-9-3-5-12-25(22)30)17-27(26)38(35,36)33-21-8-6-7-20(18-21)31-15-16-32-28(34)23-10-2-4-11-24(23)29/h2-14,17-18,31,33H,15-16H2,1H3,(H,32,34). The highest BCUT2D eigenvalue weighted by atomic mass is 35.5. The first-order valence-electron chi connectivity index (χ1n) is 11.6. The van der Waals surface area contributed by atoms with Crippen molar-refractivity contribution in [1.29, 1.82) is 0 Å². The van der Waals surface area contributed by atoms with Crippen molar-refractivity contribution in [2.75, 3.05) is 30.2 Å². The van der Waals surface area contributed by atoms with Crippen LogP contribution < -0.4 is 20.1 Å². The zero-order valence-electron chi connectivity index (χ0n) is 20.4. The molecule has 1 amide bonds. The van der Waals surface area contributed by atoms with Crippen molar-refractivity contribution >= 4 is 38.9 Å². The molecule has 0 heterocycles. The SMILES string of the molecule is COc1ccc(-c2ccccc2F)cc1S(=O)(=O)Nc1cccc(NCCNC(=O)c2ccccc2Cl)c1. The van der Waals surface area contributed by atoms with Crippen LogP contribution in [0.3, 0.4) is 0 Å². The lowest BCUT2D eigenvalue weighted by Crippen LogP contribution is -2.28. The summed E-state index contributed by atoms with van der Waals surface area (Å²) in [6.07, 6.45) is 0. The van der Waals surface area contributed by atoms with E-state index in [4.69, 9.17) is 16.3 Å². The van der Waals surface area contributed by atoms with Crippen LogP contribution in [0.2, 0.25) is 5.02 Å². The highest BCUT2D eigenvalue weighted by Gasteiger charge is 2.21. The summed E-state index contributed by atoms with van der Waals surface area (Å²) in [7, 11) is -2.71. The van der Waals surface area contributed by atoms with Gasteiger partial charge in [0.25, 0.3) is 15.9 Å². The Morgan fingerprint density at radius 3 is 2.39 bits per heavy atom. The molecule has 38 heavy (non-hydrogen) atoms. The summed E-state index contributed by atoms with van der Waals surface area (Å²) >= 11 is 6.05. The number of ether oxygens (including phenoxy) is 1. The van der Waals surface area contributed by atoms with Crippen molar-refractivity contribution in [3.8, 4) is 16.9 Å². The van der Waals surface area contributed by atoms with Crippen molar-refractivity contribution in [2.45, 2.75) is 4.90 Å². The number of amides is 1. The van der Waals surface area contributed by atoms with Gasteiger partial charge in [-0.2, -0.15) is 0 Å². The van der Waals surface area contributed by atoms with Gasteiger partial charge < -0.3 is 15.4 Å². The third-order valence-electron chi connectivity index (χ3n) is 5.61. The molecule has 0 saturated heterocycles. The normalized spacial score (nSPS) is 11.0. The fraction of sp³-hybridized carbons (Fsp3) is 0.107. The molecular formula is C28H25ClFN3O4S. The molecule has 0 aromatic heterocycles. The highest BCUT2D eigenvalue weighted by Crippen LogP contribution is 2.32. The van der Waals surface area contributed by atoms with Crippen molar-refractivity contribution in [3.63, 3.8) is 0 Å². The Bertz CT molecular complexity index is 1560. The molecule has 0 unspecified atom stereocenters. The topological polar surface area (TPSA) is 96.5 Å². The quantitative estimate of drug-likeness (QED) is 0.216. The van der Waals surface area contributed by atoms with Crippen LogP contribution in [0.15, 0.2) is 95.9 Å². The lowest BCUT2D eigenvalue weighted by molar-refractivity contribution is 0.0955. The minimum absolute atomic E-state index is 0.124. The zero-order valence-corrected chi connectivity index (χ0v) is 21.9. The van der Waals surface area contributed by atoms with E-state index in [0.29, 0.717) is 40.6 Å². The van der Waals surface area contributed by atoms with Gasteiger partial charge in [-0.25, -0.2) is 12.8 Å². The minimum Gasteiger partial charge on any atom is -0.495 e. The van der Waals surface area contributed by atoms with Crippen LogP contribution in [0.25, 0.3) is 11.1 Å². The predicted molar refractivity (Wildman–Crippen MR) is 148 cm³/mol. The summed E-state index contributed by atoms with van der Waals surface area (Å²) in [5.74, 6) is -0.623. The van der Waals surface area contributed by atoms with E-state index in [0.717, 1.165) is 0 Å². The summed E-state index contributed by atoms with van der Waals surface area (Å²) in [6.45, 7) is 0.713. The van der Waals surface area contributed by atoms with Crippen LogP contribution in [-0.2, 0) is 10.0 Å². The first-order valence-corrected chi connectivity index (χ1v) is 13.5. The fourth-order valence-electron chi connectivity index (χ4n) is 3.78. The Balaban J connectivity index is 1.44. The maximum Gasteiger partial charge on any atom is 0.265 e. The van der Waals surface area contributed by atoms with Gasteiger partial charge in [0, 0.05) is 24.3 Å². The molecule has 4 aromatic carbocycles. The monoisotopic (exact) mass is 553 g/mol. The molecule has 10 heteroatoms. The fourth-order valence-corrected chi connectivity index (χ4v) is 5.24. The molecule has 4 aromatic rings. The summed E-state index contributed by atoms with van der Waals surface area (Å²) < 4.78 is 48.7. The Hall–Kier alpha value is -4.08. The summed E-state index contributed by atoms with van der Waals surface area (Å²) in [4.78, 5) is 12.2. The number of nitrogens with one attached hydrogen (secondary N) is 3. The largest absolute Gasteiger partial charge is 0.495 e. The van der Waals surface area contributed by atoms with Gasteiger partial charge in [-0.3, -0.25) is 9.52 Å². The number of anilines is 2. The van der Waals surface area contributed by atoms with Gasteiger partial charge in [0.2, 0.25) is 0 Å². The molecule has 0 spiro atoms. The number of rotatable bonds is 10. The average molecular weight is 554 g/mol. The van der Waals surface area contributed by atoms with E-state index in [-0.39, 0.29) is 22.1 Å². The zero-order chi connectivity index (χ0) is 27.1. The van der Waals surface area contributed by atoms with Crippen molar-refractivity contribution < 1.29 is 22.3 Å². The molecule has 0 fully saturated rings. The van der Waals surface area contributed by atoms with Gasteiger partial charge in [-0.1, -0.05) is 54.1 Å². The van der Waals surface area contributed by atoms with Crippen molar-refractivity contribution in [1.82, 2.24) is 5.32 Å². The Morgan fingerprint density at radius 2 is 1.63 bits per heavy atom. The molecule has 0 saturated carbocycles. The van der Waals surface area contributed by atoms with Gasteiger partial charge in [-0.15, -0.1) is 0 Å². The molecule has 0 radical (unpaired) electrons. The molecule has 0 aliphatic carbocycles. The van der Waals surface area contributed by atoms with Crippen LogP contribution in [0.5, 0.6) is 5.75 Å². The van der Waals surface area contributed by atoms with E-state index in [9.17, 15) is 17.6 Å². The van der Waals surface area contributed by atoms with E-state index in [1.165, 1.54) is 25.3 Å². The van der Waals surface area contributed by atoms with Crippen LogP contribution in [0.1, 0.15) is 10.4 Å². The van der Waals surface area contributed by atoms with Gasteiger partial charge in [0.15, 0.2) is 0 Å². The van der Waals surface area contributed by atoms with Gasteiger partial charge in [-0.05, 0) is 54.1 Å². The molecular weight excluding hydrogens is 529 g/mol. The molecule has 3 N–H and O–H groups in total. The Labute approximate surface area is 225 Å². The second-order valence-electron chi connectivity index (χ2n) is 8.19. The van der Waals surface area contributed by atoms with E-state index in [2.05, 4.69) is 15.4 Å². The first kappa shape index (κ1) is 27.0. The number of sulfonamides is 1.